The van der Waals surface area contributed by atoms with Crippen molar-refractivity contribution in [3.05, 3.63) is 71.8 Å². The van der Waals surface area contributed by atoms with E-state index in [1.54, 1.807) is 0 Å². The molecule has 3 rings (SSSR count). The third kappa shape index (κ3) is 3.67. The zero-order chi connectivity index (χ0) is 16.1. The van der Waals surface area contributed by atoms with Crippen LogP contribution in [0.3, 0.4) is 0 Å². The average molecular weight is 307 g/mol. The lowest BCUT2D eigenvalue weighted by atomic mass is 10.0. The smallest absolute Gasteiger partial charge is 0.308 e. The van der Waals surface area contributed by atoms with Crippen LogP contribution in [0.1, 0.15) is 30.4 Å². The molecule has 0 saturated heterocycles. The van der Waals surface area contributed by atoms with E-state index >= 15 is 0 Å². The number of methoxy groups -OCH3 is 1. The maximum Gasteiger partial charge on any atom is 0.308 e. The van der Waals surface area contributed by atoms with Gasteiger partial charge >= 0.3 is 5.97 Å². The van der Waals surface area contributed by atoms with Crippen LogP contribution in [-0.2, 0) is 9.53 Å². The summed E-state index contributed by atoms with van der Waals surface area (Å²) >= 11 is 0. The molecule has 0 spiro atoms. The molecule has 0 N–H and O–H groups in total. The van der Waals surface area contributed by atoms with E-state index in [0.29, 0.717) is 0 Å². The minimum Gasteiger partial charge on any atom is -0.469 e. The number of carbonyl (C=O) groups is 1. The second-order valence-corrected chi connectivity index (χ2v) is 5.90. The van der Waals surface area contributed by atoms with Gasteiger partial charge in [0.05, 0.1) is 24.8 Å². The Labute approximate surface area is 137 Å². The van der Waals surface area contributed by atoms with Gasteiger partial charge in [-0.3, -0.25) is 9.79 Å². The van der Waals surface area contributed by atoms with E-state index in [1.165, 1.54) is 7.11 Å². The molecule has 0 unspecified atom stereocenters. The summed E-state index contributed by atoms with van der Waals surface area (Å²) < 4.78 is 4.87. The molecule has 2 aromatic rings. The van der Waals surface area contributed by atoms with E-state index < -0.39 is 0 Å². The van der Waals surface area contributed by atoms with Gasteiger partial charge in [-0.2, -0.15) is 0 Å². The second kappa shape index (κ2) is 7.23. The van der Waals surface area contributed by atoms with Crippen LogP contribution in [0.2, 0.25) is 0 Å². The fourth-order valence-corrected chi connectivity index (χ4v) is 3.15. The molecule has 0 bridgehead atoms. The Bertz CT molecular complexity index is 638. The number of rotatable bonds is 4. The zero-order valence-corrected chi connectivity index (χ0v) is 13.3. The van der Waals surface area contributed by atoms with Gasteiger partial charge in [0.1, 0.15) is 0 Å². The van der Waals surface area contributed by atoms with Crippen molar-refractivity contribution in [2.24, 2.45) is 10.9 Å². The minimum absolute atomic E-state index is 0.0125. The lowest BCUT2D eigenvalue weighted by Crippen LogP contribution is -2.14. The molecule has 3 nitrogen and oxygen atoms in total. The van der Waals surface area contributed by atoms with Crippen molar-refractivity contribution in [1.82, 2.24) is 0 Å². The highest BCUT2D eigenvalue weighted by Crippen LogP contribution is 2.29. The summed E-state index contributed by atoms with van der Waals surface area (Å²) in [5.41, 5.74) is 3.22. The molecule has 2 aromatic carbocycles. The Morgan fingerprint density at radius 3 is 2.04 bits per heavy atom. The number of nitrogens with zero attached hydrogens (tertiary/aromatic N) is 1. The Balaban J connectivity index is 1.89. The summed E-state index contributed by atoms with van der Waals surface area (Å²) in [6.07, 6.45) is 2.57. The van der Waals surface area contributed by atoms with Gasteiger partial charge in [-0.1, -0.05) is 60.7 Å². The Morgan fingerprint density at radius 1 is 0.957 bits per heavy atom. The van der Waals surface area contributed by atoms with Crippen LogP contribution in [0.5, 0.6) is 0 Å². The molecule has 0 amide bonds. The predicted molar refractivity (Wildman–Crippen MR) is 91.7 cm³/mol. The van der Waals surface area contributed by atoms with Crippen LogP contribution >= 0.6 is 0 Å². The molecule has 0 aliphatic heterocycles. The van der Waals surface area contributed by atoms with Crippen LogP contribution in [0.25, 0.3) is 0 Å². The Morgan fingerprint density at radius 2 is 1.52 bits per heavy atom. The number of benzene rings is 2. The molecule has 2 atom stereocenters. The SMILES string of the molecule is COC(=O)[C@@H]1CC[C@H](N=C(c2ccccc2)c2ccccc2)C1. The zero-order valence-electron chi connectivity index (χ0n) is 13.3. The Kier molecular flexibility index (Phi) is 4.86. The first-order valence-electron chi connectivity index (χ1n) is 8.04. The second-order valence-electron chi connectivity index (χ2n) is 5.90. The normalized spacial score (nSPS) is 20.0. The van der Waals surface area contributed by atoms with Gasteiger partial charge in [-0.15, -0.1) is 0 Å². The molecule has 23 heavy (non-hydrogen) atoms. The highest BCUT2D eigenvalue weighted by atomic mass is 16.5. The van der Waals surface area contributed by atoms with E-state index in [9.17, 15) is 4.79 Å². The molecule has 3 heteroatoms. The van der Waals surface area contributed by atoms with Crippen molar-refractivity contribution in [2.45, 2.75) is 25.3 Å². The van der Waals surface area contributed by atoms with Gasteiger partial charge in [-0.05, 0) is 19.3 Å². The number of esters is 1. The summed E-state index contributed by atoms with van der Waals surface area (Å²) in [4.78, 5) is 16.7. The molecular weight excluding hydrogens is 286 g/mol. The molecule has 1 saturated carbocycles. The lowest BCUT2D eigenvalue weighted by Gasteiger charge is -2.11. The van der Waals surface area contributed by atoms with E-state index in [0.717, 1.165) is 36.1 Å². The predicted octanol–water partition coefficient (Wildman–Crippen LogP) is 3.87. The van der Waals surface area contributed by atoms with Crippen LogP contribution in [0.15, 0.2) is 65.7 Å². The first kappa shape index (κ1) is 15.5. The van der Waals surface area contributed by atoms with Gasteiger partial charge in [0.15, 0.2) is 0 Å². The quantitative estimate of drug-likeness (QED) is 0.635. The topological polar surface area (TPSA) is 38.7 Å². The average Bonchev–Trinajstić information content (AvgIpc) is 3.09. The van der Waals surface area contributed by atoms with Gasteiger partial charge in [0, 0.05) is 11.1 Å². The van der Waals surface area contributed by atoms with Gasteiger partial charge in [0.2, 0.25) is 0 Å². The third-order valence-electron chi connectivity index (χ3n) is 4.35. The molecule has 1 fully saturated rings. The van der Waals surface area contributed by atoms with E-state index in [2.05, 4.69) is 24.3 Å². The fourth-order valence-electron chi connectivity index (χ4n) is 3.15. The Hall–Kier alpha value is -2.42. The molecule has 1 aliphatic rings. The van der Waals surface area contributed by atoms with Crippen LogP contribution in [0, 0.1) is 5.92 Å². The number of aliphatic imine (C=N–C) groups is 1. The summed E-state index contributed by atoms with van der Waals surface area (Å²) in [6, 6.07) is 20.6. The highest BCUT2D eigenvalue weighted by molar-refractivity contribution is 6.13. The van der Waals surface area contributed by atoms with Crippen molar-refractivity contribution >= 4 is 11.7 Å². The van der Waals surface area contributed by atoms with Crippen molar-refractivity contribution in [3.8, 4) is 0 Å². The maximum absolute atomic E-state index is 11.7. The van der Waals surface area contributed by atoms with Gasteiger partial charge in [0.25, 0.3) is 0 Å². The van der Waals surface area contributed by atoms with Crippen molar-refractivity contribution in [2.75, 3.05) is 7.11 Å². The highest BCUT2D eigenvalue weighted by Gasteiger charge is 2.30. The molecular formula is C20H21NO2. The third-order valence-corrected chi connectivity index (χ3v) is 4.35. The summed E-state index contributed by atoms with van der Waals surface area (Å²) in [5, 5.41) is 0. The van der Waals surface area contributed by atoms with Crippen molar-refractivity contribution in [1.29, 1.82) is 0 Å². The van der Waals surface area contributed by atoms with E-state index in [1.807, 2.05) is 36.4 Å². The molecule has 0 heterocycles. The van der Waals surface area contributed by atoms with E-state index in [-0.39, 0.29) is 17.9 Å². The van der Waals surface area contributed by atoms with Crippen LogP contribution in [0.4, 0.5) is 0 Å². The molecule has 0 radical (unpaired) electrons. The van der Waals surface area contributed by atoms with Crippen LogP contribution in [-0.4, -0.2) is 24.8 Å². The van der Waals surface area contributed by atoms with Crippen LogP contribution < -0.4 is 0 Å². The monoisotopic (exact) mass is 307 g/mol. The summed E-state index contributed by atoms with van der Waals surface area (Å²) in [7, 11) is 1.46. The summed E-state index contributed by atoms with van der Waals surface area (Å²) in [5.74, 6) is -0.120. The lowest BCUT2D eigenvalue weighted by molar-refractivity contribution is -0.145. The molecule has 118 valence electrons. The minimum atomic E-state index is -0.108. The maximum atomic E-state index is 11.7. The first-order chi connectivity index (χ1) is 11.3. The van der Waals surface area contributed by atoms with Crippen molar-refractivity contribution in [3.63, 3.8) is 0 Å². The fraction of sp³-hybridized carbons (Fsp3) is 0.300. The number of ether oxygens (including phenoxy) is 1. The number of carbonyl (C=O) groups excluding carboxylic acids is 1. The summed E-state index contributed by atoms with van der Waals surface area (Å²) in [6.45, 7) is 0. The van der Waals surface area contributed by atoms with Gasteiger partial charge < -0.3 is 4.74 Å². The number of hydrogen-bond acceptors (Lipinski definition) is 3. The van der Waals surface area contributed by atoms with Crippen molar-refractivity contribution < 1.29 is 9.53 Å². The molecule has 0 aromatic heterocycles. The van der Waals surface area contributed by atoms with E-state index in [4.69, 9.17) is 9.73 Å². The van der Waals surface area contributed by atoms with Gasteiger partial charge in [-0.25, -0.2) is 0 Å². The molecule has 1 aliphatic carbocycles. The first-order valence-corrected chi connectivity index (χ1v) is 8.04. The standard InChI is InChI=1S/C20H21NO2/c1-23-20(22)17-12-13-18(14-17)21-19(15-8-4-2-5-9-15)16-10-6-3-7-11-16/h2-11,17-18H,12-14H2,1H3/t17-,18+/m1/s1. The number of hydrogen-bond donors (Lipinski definition) is 0. The largest absolute Gasteiger partial charge is 0.469 e.